The van der Waals surface area contributed by atoms with E-state index in [1.165, 1.54) is 24.3 Å². The summed E-state index contributed by atoms with van der Waals surface area (Å²) in [6.45, 7) is 4.63. The van der Waals surface area contributed by atoms with Gasteiger partial charge in [-0.2, -0.15) is 4.98 Å². The summed E-state index contributed by atoms with van der Waals surface area (Å²) < 4.78 is 67.4. The van der Waals surface area contributed by atoms with Crippen LogP contribution in [0.25, 0.3) is 11.3 Å². The molecule has 0 spiro atoms. The van der Waals surface area contributed by atoms with Crippen LogP contribution in [0.3, 0.4) is 0 Å². The van der Waals surface area contributed by atoms with Gasteiger partial charge in [0.2, 0.25) is 11.6 Å². The number of rotatable bonds is 10. The molecule has 1 aromatic heterocycles. The van der Waals surface area contributed by atoms with Gasteiger partial charge in [-0.05, 0) is 67.1 Å². The Kier molecular flexibility index (Phi) is 8.11. The number of anilines is 2. The Morgan fingerprint density at radius 3 is 2.38 bits per heavy atom. The zero-order valence-electron chi connectivity index (χ0n) is 25.5. The number of benzene rings is 2. The van der Waals surface area contributed by atoms with Gasteiger partial charge < -0.3 is 30.0 Å². The molecule has 0 amide bonds. The number of carboxylic acids is 1. The Morgan fingerprint density at radius 2 is 1.70 bits per heavy atom. The molecule has 2 heterocycles. The number of nitrogen functional groups attached to an aromatic ring is 1. The van der Waals surface area contributed by atoms with Crippen LogP contribution in [0.1, 0.15) is 29.5 Å². The number of aryl methyl sites for hydroxylation is 1. The predicted molar refractivity (Wildman–Crippen MR) is 163 cm³/mol. The fourth-order valence-electron chi connectivity index (χ4n) is 7.33. The van der Waals surface area contributed by atoms with Crippen LogP contribution in [-0.4, -0.2) is 83.4 Å². The lowest BCUT2D eigenvalue weighted by Crippen LogP contribution is -2.48. The minimum Gasteiger partial charge on any atom is -0.489 e. The lowest BCUT2D eigenvalue weighted by molar-refractivity contribution is -0.274. The quantitative estimate of drug-likeness (QED) is 0.298. The van der Waals surface area contributed by atoms with Crippen molar-refractivity contribution in [2.24, 2.45) is 11.8 Å². The van der Waals surface area contributed by atoms with Crippen molar-refractivity contribution in [2.45, 2.75) is 50.4 Å². The molecule has 2 unspecified atom stereocenters. The van der Waals surface area contributed by atoms with Crippen LogP contribution >= 0.6 is 0 Å². The van der Waals surface area contributed by atoms with E-state index in [2.05, 4.69) is 24.5 Å². The van der Waals surface area contributed by atoms with Crippen molar-refractivity contribution < 1.29 is 41.7 Å². The Hall–Kier alpha value is -4.17. The van der Waals surface area contributed by atoms with Crippen molar-refractivity contribution in [3.63, 3.8) is 0 Å². The Labute approximate surface area is 268 Å². The molecule has 0 bridgehead atoms. The number of alkyl halides is 4. The maximum atomic E-state index is 14.3. The summed E-state index contributed by atoms with van der Waals surface area (Å²) in [5.74, 6) is -0.745. The minimum absolute atomic E-state index is 0.0712. The molecule has 7 rings (SSSR count). The lowest BCUT2D eigenvalue weighted by atomic mass is 9.88. The van der Waals surface area contributed by atoms with Crippen molar-refractivity contribution in [3.05, 3.63) is 59.2 Å². The summed E-state index contributed by atoms with van der Waals surface area (Å²) in [4.78, 5) is 25.0. The fourth-order valence-corrected chi connectivity index (χ4v) is 7.33. The maximum absolute atomic E-state index is 14.3. The Morgan fingerprint density at radius 1 is 1.00 bits per heavy atom. The second-order valence-electron chi connectivity index (χ2n) is 12.6. The number of hydrogen-bond donors (Lipinski definition) is 2. The topological polar surface area (TPSA) is 123 Å². The van der Waals surface area contributed by atoms with Gasteiger partial charge in [0.25, 0.3) is 0 Å². The summed E-state index contributed by atoms with van der Waals surface area (Å²) in [7, 11) is 0. The highest BCUT2D eigenvalue weighted by atomic mass is 19.4. The summed E-state index contributed by atoms with van der Waals surface area (Å²) in [6, 6.07) is 11.4. The molecule has 3 aromatic rings. The standard InChI is InChI=1S/C33H35F4N5O5/c34-32(30(43)44)26-16-23(17-27(26)32)45-14-13-41-9-11-42(12-10-41)29-25-7-3-20-15-22(6-8-24(20)28(25)39-31(38)40-29)46-18-19-1-4-21(5-2-19)47-33(35,36)37/h1-2,4-6,8,15,23,26-27H,3,7,9-14,16-18H2,(H,43,44)(H2,38,39,40). The lowest BCUT2D eigenvalue weighted by Gasteiger charge is -2.37. The number of piperazine rings is 1. The Bertz CT molecular complexity index is 1640. The molecule has 250 valence electrons. The molecule has 2 atom stereocenters. The number of halogens is 4. The molecule has 2 saturated carbocycles. The zero-order chi connectivity index (χ0) is 32.9. The van der Waals surface area contributed by atoms with Crippen LogP contribution in [0.15, 0.2) is 42.5 Å². The molecule has 14 heteroatoms. The Balaban J connectivity index is 0.927. The molecule has 1 aliphatic heterocycles. The van der Waals surface area contributed by atoms with E-state index in [0.717, 1.165) is 73.8 Å². The van der Waals surface area contributed by atoms with E-state index in [1.807, 2.05) is 18.2 Å². The molecule has 1 saturated heterocycles. The van der Waals surface area contributed by atoms with E-state index in [9.17, 15) is 22.4 Å². The second kappa shape index (κ2) is 12.1. The van der Waals surface area contributed by atoms with Gasteiger partial charge in [-0.1, -0.05) is 12.1 Å². The molecule has 3 aliphatic carbocycles. The SMILES string of the molecule is Nc1nc2c(c(N3CCN(CCOC4CC5C(C4)C5(F)C(=O)O)CC3)n1)CCc1cc(OCc3ccc(OC(F)(F)F)cc3)ccc1-2. The summed E-state index contributed by atoms with van der Waals surface area (Å²) >= 11 is 0. The van der Waals surface area contributed by atoms with Gasteiger partial charge in [0, 0.05) is 55.7 Å². The van der Waals surface area contributed by atoms with E-state index < -0.39 is 29.8 Å². The fraction of sp³-hybridized carbons (Fsp3) is 0.485. The van der Waals surface area contributed by atoms with E-state index in [0.29, 0.717) is 30.8 Å². The highest BCUT2D eigenvalue weighted by Gasteiger charge is 2.75. The number of carbonyl (C=O) groups is 1. The first-order chi connectivity index (χ1) is 22.5. The third-order valence-corrected chi connectivity index (χ3v) is 9.79. The molecule has 2 aromatic carbocycles. The highest BCUT2D eigenvalue weighted by Crippen LogP contribution is 2.63. The number of nitrogens with two attached hydrogens (primary N) is 1. The van der Waals surface area contributed by atoms with Crippen molar-refractivity contribution >= 4 is 17.7 Å². The van der Waals surface area contributed by atoms with Crippen molar-refractivity contribution in [2.75, 3.05) is 50.0 Å². The number of aliphatic carboxylic acids is 1. The van der Waals surface area contributed by atoms with Crippen molar-refractivity contribution in [1.29, 1.82) is 0 Å². The normalized spacial score (nSPS) is 25.1. The largest absolute Gasteiger partial charge is 0.573 e. The summed E-state index contributed by atoms with van der Waals surface area (Å²) in [5.41, 5.74) is 8.77. The first-order valence-electron chi connectivity index (χ1n) is 15.8. The monoisotopic (exact) mass is 657 g/mol. The number of ether oxygens (including phenoxy) is 3. The molecular formula is C33H35F4N5O5. The van der Waals surface area contributed by atoms with Crippen molar-refractivity contribution in [3.8, 4) is 22.8 Å². The molecule has 0 radical (unpaired) electrons. The van der Waals surface area contributed by atoms with Crippen LogP contribution in [-0.2, 0) is 29.0 Å². The van der Waals surface area contributed by atoms with Gasteiger partial charge in [-0.15, -0.1) is 13.2 Å². The average Bonchev–Trinajstić information content (AvgIpc) is 3.35. The highest BCUT2D eigenvalue weighted by molar-refractivity contribution is 5.83. The van der Waals surface area contributed by atoms with E-state index in [1.54, 1.807) is 0 Å². The van der Waals surface area contributed by atoms with Gasteiger partial charge in [0.05, 0.1) is 18.4 Å². The maximum Gasteiger partial charge on any atom is 0.573 e. The summed E-state index contributed by atoms with van der Waals surface area (Å²) in [6.07, 6.45) is -2.36. The first kappa shape index (κ1) is 31.4. The van der Waals surface area contributed by atoms with Crippen molar-refractivity contribution in [1.82, 2.24) is 14.9 Å². The van der Waals surface area contributed by atoms with Crippen LogP contribution in [0.5, 0.6) is 11.5 Å². The number of carboxylic acid groups (broad SMARTS) is 1. The molecule has 3 fully saturated rings. The average molecular weight is 658 g/mol. The van der Waals surface area contributed by atoms with Crippen LogP contribution in [0, 0.1) is 11.8 Å². The van der Waals surface area contributed by atoms with Gasteiger partial charge in [-0.25, -0.2) is 14.2 Å². The smallest absolute Gasteiger partial charge is 0.489 e. The van der Waals surface area contributed by atoms with Crippen LogP contribution < -0.4 is 20.1 Å². The molecular weight excluding hydrogens is 622 g/mol. The van der Waals surface area contributed by atoms with Gasteiger partial charge in [-0.3, -0.25) is 4.90 Å². The predicted octanol–water partition coefficient (Wildman–Crippen LogP) is 4.64. The third kappa shape index (κ3) is 6.40. The van der Waals surface area contributed by atoms with Crippen LogP contribution in [0.4, 0.5) is 29.3 Å². The van der Waals surface area contributed by atoms with Gasteiger partial charge in [0.15, 0.2) is 0 Å². The zero-order valence-corrected chi connectivity index (χ0v) is 25.5. The van der Waals surface area contributed by atoms with Gasteiger partial charge >= 0.3 is 12.3 Å². The van der Waals surface area contributed by atoms with Gasteiger partial charge in [0.1, 0.15) is 23.9 Å². The summed E-state index contributed by atoms with van der Waals surface area (Å²) in [5, 5.41) is 9.10. The van der Waals surface area contributed by atoms with E-state index >= 15 is 0 Å². The third-order valence-electron chi connectivity index (χ3n) is 9.79. The number of aromatic nitrogens is 2. The minimum atomic E-state index is -4.74. The van der Waals surface area contributed by atoms with Crippen LogP contribution in [0.2, 0.25) is 0 Å². The number of hydrogen-bond acceptors (Lipinski definition) is 9. The molecule has 47 heavy (non-hydrogen) atoms. The number of nitrogens with zero attached hydrogens (tertiary/aromatic N) is 4. The first-order valence-corrected chi connectivity index (χ1v) is 15.8. The second-order valence-corrected chi connectivity index (χ2v) is 12.6. The molecule has 3 N–H and O–H groups in total. The van der Waals surface area contributed by atoms with E-state index in [4.69, 9.17) is 20.3 Å². The molecule has 4 aliphatic rings. The molecule has 10 nitrogen and oxygen atoms in total. The van der Waals surface area contributed by atoms with E-state index in [-0.39, 0.29) is 24.4 Å². The number of fused-ring (bicyclic) bond motifs is 4.